The maximum atomic E-state index is 13.0. The van der Waals surface area contributed by atoms with E-state index >= 15 is 0 Å². The second-order valence-corrected chi connectivity index (χ2v) is 7.34. The molecule has 1 atom stereocenters. The van der Waals surface area contributed by atoms with E-state index in [-0.39, 0.29) is 11.7 Å². The zero-order chi connectivity index (χ0) is 20.1. The summed E-state index contributed by atoms with van der Waals surface area (Å²) in [7, 11) is 1.47. The molecule has 1 amide bonds. The van der Waals surface area contributed by atoms with E-state index in [0.717, 1.165) is 5.56 Å². The van der Waals surface area contributed by atoms with Crippen LogP contribution >= 0.6 is 27.5 Å². The molecule has 6 heteroatoms. The smallest absolute Gasteiger partial charge is 0.258 e. The Balaban J connectivity index is 1.94. The number of carbonyl (C=O) groups excluding carboxylic acids is 2. The van der Waals surface area contributed by atoms with Crippen LogP contribution in [0.4, 0.5) is 5.69 Å². The van der Waals surface area contributed by atoms with Crippen LogP contribution in [0.5, 0.6) is 0 Å². The Morgan fingerprint density at radius 1 is 0.964 bits per heavy atom. The van der Waals surface area contributed by atoms with E-state index in [9.17, 15) is 9.59 Å². The summed E-state index contributed by atoms with van der Waals surface area (Å²) in [6, 6.07) is 21.0. The number of ketones is 1. The molecule has 0 saturated carbocycles. The number of nitrogens with one attached hydrogen (secondary N) is 1. The van der Waals surface area contributed by atoms with Crippen LogP contribution in [0, 0.1) is 0 Å². The fourth-order valence-electron chi connectivity index (χ4n) is 2.82. The summed E-state index contributed by atoms with van der Waals surface area (Å²) >= 11 is 9.56. The van der Waals surface area contributed by atoms with Crippen molar-refractivity contribution in [3.63, 3.8) is 0 Å². The van der Waals surface area contributed by atoms with Gasteiger partial charge in [-0.1, -0.05) is 70.0 Å². The number of hydrogen-bond acceptors (Lipinski definition) is 3. The fourth-order valence-corrected chi connectivity index (χ4v) is 3.41. The predicted octanol–water partition coefficient (Wildman–Crippen LogP) is 5.66. The van der Waals surface area contributed by atoms with Crippen molar-refractivity contribution >= 4 is 44.9 Å². The first kappa shape index (κ1) is 20.3. The zero-order valence-electron chi connectivity index (χ0n) is 15.0. The predicted molar refractivity (Wildman–Crippen MR) is 114 cm³/mol. The third-order valence-electron chi connectivity index (χ3n) is 4.18. The van der Waals surface area contributed by atoms with E-state index in [1.165, 1.54) is 7.11 Å². The van der Waals surface area contributed by atoms with Gasteiger partial charge in [0.25, 0.3) is 5.91 Å². The molecule has 0 aliphatic heterocycles. The van der Waals surface area contributed by atoms with Crippen LogP contribution in [-0.4, -0.2) is 18.8 Å². The standard InChI is InChI=1S/C22H17BrClNO3/c1-28-21(14-7-3-2-4-8-14)22(27)25-19-12-11-15(23)13-17(19)20(26)16-9-5-6-10-18(16)24/h2-13,21H,1H3,(H,25,27)/t21-/m0/s1. The maximum Gasteiger partial charge on any atom is 0.258 e. The Kier molecular flexibility index (Phi) is 6.62. The van der Waals surface area contributed by atoms with Crippen molar-refractivity contribution in [2.24, 2.45) is 0 Å². The lowest BCUT2D eigenvalue weighted by Gasteiger charge is -2.17. The summed E-state index contributed by atoms with van der Waals surface area (Å²) < 4.78 is 6.09. The van der Waals surface area contributed by atoms with Gasteiger partial charge in [0.05, 0.1) is 10.7 Å². The lowest BCUT2D eigenvalue weighted by molar-refractivity contribution is -0.126. The monoisotopic (exact) mass is 457 g/mol. The molecule has 3 rings (SSSR count). The van der Waals surface area contributed by atoms with Crippen molar-refractivity contribution < 1.29 is 14.3 Å². The van der Waals surface area contributed by atoms with E-state index in [4.69, 9.17) is 16.3 Å². The molecule has 0 aromatic heterocycles. The van der Waals surface area contributed by atoms with E-state index in [0.29, 0.717) is 26.3 Å². The topological polar surface area (TPSA) is 55.4 Å². The summed E-state index contributed by atoms with van der Waals surface area (Å²) in [5, 5.41) is 3.16. The second kappa shape index (κ2) is 9.15. The van der Waals surface area contributed by atoms with Gasteiger partial charge in [0.2, 0.25) is 0 Å². The number of anilines is 1. The quantitative estimate of drug-likeness (QED) is 0.485. The van der Waals surface area contributed by atoms with Crippen molar-refractivity contribution in [3.05, 3.63) is 99.0 Å². The van der Waals surface area contributed by atoms with Crippen molar-refractivity contribution in [2.75, 3.05) is 12.4 Å². The molecule has 0 saturated heterocycles. The molecule has 3 aromatic rings. The zero-order valence-corrected chi connectivity index (χ0v) is 17.3. The van der Waals surface area contributed by atoms with Crippen LogP contribution in [0.3, 0.4) is 0 Å². The summed E-state index contributed by atoms with van der Waals surface area (Å²) in [5.41, 5.74) is 1.80. The van der Waals surface area contributed by atoms with Gasteiger partial charge in [-0.15, -0.1) is 0 Å². The van der Waals surface area contributed by atoms with Gasteiger partial charge in [0.1, 0.15) is 0 Å². The van der Waals surface area contributed by atoms with Crippen LogP contribution < -0.4 is 5.32 Å². The average molecular weight is 459 g/mol. The minimum Gasteiger partial charge on any atom is -0.367 e. The van der Waals surface area contributed by atoms with Gasteiger partial charge in [-0.25, -0.2) is 0 Å². The van der Waals surface area contributed by atoms with E-state index in [2.05, 4.69) is 21.2 Å². The van der Waals surface area contributed by atoms with E-state index in [1.807, 2.05) is 30.3 Å². The third-order valence-corrected chi connectivity index (χ3v) is 5.00. The SMILES string of the molecule is CO[C@H](C(=O)Nc1ccc(Br)cc1C(=O)c1ccccc1Cl)c1ccccc1. The van der Waals surface area contributed by atoms with Gasteiger partial charge in [-0.3, -0.25) is 9.59 Å². The van der Waals surface area contributed by atoms with Crippen molar-refractivity contribution in [2.45, 2.75) is 6.10 Å². The molecule has 1 N–H and O–H groups in total. The Morgan fingerprint density at radius 2 is 1.64 bits per heavy atom. The molecular formula is C22H17BrClNO3. The van der Waals surface area contributed by atoms with E-state index < -0.39 is 6.10 Å². The molecular weight excluding hydrogens is 442 g/mol. The highest BCUT2D eigenvalue weighted by Gasteiger charge is 2.23. The van der Waals surface area contributed by atoms with Crippen LogP contribution in [0.2, 0.25) is 5.02 Å². The molecule has 4 nitrogen and oxygen atoms in total. The minimum atomic E-state index is -0.798. The van der Waals surface area contributed by atoms with Gasteiger partial charge >= 0.3 is 0 Å². The number of methoxy groups -OCH3 is 1. The van der Waals surface area contributed by atoms with Crippen molar-refractivity contribution in [3.8, 4) is 0 Å². The molecule has 3 aromatic carbocycles. The molecule has 28 heavy (non-hydrogen) atoms. The lowest BCUT2D eigenvalue weighted by atomic mass is 10.0. The molecule has 142 valence electrons. The Bertz CT molecular complexity index is 1010. The number of halogens is 2. The van der Waals surface area contributed by atoms with Crippen LogP contribution in [0.15, 0.2) is 77.3 Å². The first-order valence-electron chi connectivity index (χ1n) is 8.48. The Hall–Kier alpha value is -2.47. The first-order valence-corrected chi connectivity index (χ1v) is 9.65. The number of rotatable bonds is 6. The highest BCUT2D eigenvalue weighted by molar-refractivity contribution is 9.10. The summed E-state index contributed by atoms with van der Waals surface area (Å²) in [5.74, 6) is -0.653. The lowest BCUT2D eigenvalue weighted by Crippen LogP contribution is -2.23. The molecule has 0 aliphatic carbocycles. The first-order chi connectivity index (χ1) is 13.5. The number of amides is 1. The Morgan fingerprint density at radius 3 is 2.32 bits per heavy atom. The van der Waals surface area contributed by atoms with Gasteiger partial charge in [-0.05, 0) is 35.9 Å². The summed E-state index contributed by atoms with van der Waals surface area (Å²) in [6.45, 7) is 0. The largest absolute Gasteiger partial charge is 0.367 e. The normalized spacial score (nSPS) is 11.7. The summed E-state index contributed by atoms with van der Waals surface area (Å²) in [6.07, 6.45) is -0.798. The highest BCUT2D eigenvalue weighted by Crippen LogP contribution is 2.28. The fraction of sp³-hybridized carbons (Fsp3) is 0.0909. The molecule has 0 radical (unpaired) electrons. The molecule has 0 fully saturated rings. The maximum absolute atomic E-state index is 13.0. The molecule has 0 aliphatic rings. The van der Waals surface area contributed by atoms with Crippen molar-refractivity contribution in [1.29, 1.82) is 0 Å². The second-order valence-electron chi connectivity index (χ2n) is 6.01. The highest BCUT2D eigenvalue weighted by atomic mass is 79.9. The minimum absolute atomic E-state index is 0.282. The van der Waals surface area contributed by atoms with Gasteiger partial charge in [0, 0.05) is 22.7 Å². The van der Waals surface area contributed by atoms with Crippen LogP contribution in [0.25, 0.3) is 0 Å². The van der Waals surface area contributed by atoms with Crippen LogP contribution in [0.1, 0.15) is 27.6 Å². The van der Waals surface area contributed by atoms with Crippen molar-refractivity contribution in [1.82, 2.24) is 0 Å². The van der Waals surface area contributed by atoms with Gasteiger partial charge in [0.15, 0.2) is 11.9 Å². The Labute approximate surface area is 176 Å². The van der Waals surface area contributed by atoms with E-state index in [1.54, 1.807) is 42.5 Å². The number of benzene rings is 3. The molecule has 0 bridgehead atoms. The van der Waals surface area contributed by atoms with Gasteiger partial charge < -0.3 is 10.1 Å². The average Bonchev–Trinajstić information content (AvgIpc) is 2.70. The molecule has 0 heterocycles. The summed E-state index contributed by atoms with van der Waals surface area (Å²) in [4.78, 5) is 25.9. The van der Waals surface area contributed by atoms with Crippen LogP contribution in [-0.2, 0) is 9.53 Å². The number of carbonyl (C=O) groups is 2. The number of ether oxygens (including phenoxy) is 1. The third kappa shape index (κ3) is 4.50. The van der Waals surface area contributed by atoms with Gasteiger partial charge in [-0.2, -0.15) is 0 Å². The number of hydrogen-bond donors (Lipinski definition) is 1. The molecule has 0 spiro atoms. The molecule has 0 unspecified atom stereocenters.